The van der Waals surface area contributed by atoms with Crippen molar-refractivity contribution >= 4 is 23.1 Å². The summed E-state index contributed by atoms with van der Waals surface area (Å²) >= 11 is 5.60. The number of hydroxylamine groups is 1. The molecule has 1 heterocycles. The Morgan fingerprint density at radius 3 is 2.95 bits per heavy atom. The van der Waals surface area contributed by atoms with Gasteiger partial charge in [0, 0.05) is 0 Å². The molecule has 0 fully saturated rings. The monoisotopic (exact) mass is 295 g/mol. The predicted octanol–water partition coefficient (Wildman–Crippen LogP) is 2.15. The zero-order valence-electron chi connectivity index (χ0n) is 9.84. The van der Waals surface area contributed by atoms with E-state index in [9.17, 15) is 9.60 Å². The average molecular weight is 296 g/mol. The standard InChI is InChI=1S/C11H7ClFN5O2/c12-7-5-6(1-2-8(7)13)18(19)11(15)10-9(3-4-14)16-20-17-10/h1-2,5,15,19H,3H2. The zero-order valence-corrected chi connectivity index (χ0v) is 10.6. The van der Waals surface area contributed by atoms with Crippen molar-refractivity contribution in [2.75, 3.05) is 5.06 Å². The van der Waals surface area contributed by atoms with Crippen LogP contribution in [0.1, 0.15) is 11.4 Å². The highest BCUT2D eigenvalue weighted by molar-refractivity contribution is 6.31. The summed E-state index contributed by atoms with van der Waals surface area (Å²) in [4.78, 5) is 0. The average Bonchev–Trinajstić information content (AvgIpc) is 2.89. The van der Waals surface area contributed by atoms with Crippen LogP contribution < -0.4 is 5.06 Å². The fourth-order valence-corrected chi connectivity index (χ4v) is 1.60. The van der Waals surface area contributed by atoms with Crippen molar-refractivity contribution in [2.45, 2.75) is 6.42 Å². The highest BCUT2D eigenvalue weighted by atomic mass is 35.5. The van der Waals surface area contributed by atoms with Gasteiger partial charge in [0.25, 0.3) is 0 Å². The molecule has 1 aromatic carbocycles. The number of nitrogens with one attached hydrogen (secondary N) is 1. The van der Waals surface area contributed by atoms with Gasteiger partial charge in [-0.3, -0.25) is 10.6 Å². The van der Waals surface area contributed by atoms with Crippen LogP contribution in [0.15, 0.2) is 22.8 Å². The van der Waals surface area contributed by atoms with Gasteiger partial charge < -0.3 is 0 Å². The third kappa shape index (κ3) is 2.59. The molecule has 0 amide bonds. The van der Waals surface area contributed by atoms with Gasteiger partial charge in [-0.05, 0) is 23.4 Å². The molecule has 9 heteroatoms. The summed E-state index contributed by atoms with van der Waals surface area (Å²) < 4.78 is 17.5. The van der Waals surface area contributed by atoms with Crippen molar-refractivity contribution < 1.29 is 14.2 Å². The van der Waals surface area contributed by atoms with Crippen LogP contribution in [0.4, 0.5) is 10.1 Å². The van der Waals surface area contributed by atoms with Crippen LogP contribution in [0.2, 0.25) is 5.02 Å². The normalized spacial score (nSPS) is 10.1. The predicted molar refractivity (Wildman–Crippen MR) is 66.1 cm³/mol. The third-order valence-electron chi connectivity index (χ3n) is 2.39. The maximum atomic E-state index is 13.0. The van der Waals surface area contributed by atoms with Crippen molar-refractivity contribution in [3.8, 4) is 6.07 Å². The molecule has 0 radical (unpaired) electrons. The molecule has 2 rings (SSSR count). The van der Waals surface area contributed by atoms with E-state index in [4.69, 9.17) is 22.3 Å². The van der Waals surface area contributed by atoms with E-state index in [1.54, 1.807) is 0 Å². The Balaban J connectivity index is 2.30. The van der Waals surface area contributed by atoms with Crippen LogP contribution in [0, 0.1) is 22.6 Å². The van der Waals surface area contributed by atoms with Crippen LogP contribution >= 0.6 is 11.6 Å². The number of amidine groups is 1. The van der Waals surface area contributed by atoms with Crippen LogP contribution in [0.25, 0.3) is 0 Å². The molecular formula is C11H7ClFN5O2. The van der Waals surface area contributed by atoms with Crippen molar-refractivity contribution in [1.29, 1.82) is 10.7 Å². The number of benzene rings is 1. The molecule has 2 aromatic rings. The molecule has 1 aromatic heterocycles. The molecule has 0 unspecified atom stereocenters. The van der Waals surface area contributed by atoms with E-state index in [1.807, 2.05) is 6.07 Å². The molecule has 0 aliphatic carbocycles. The van der Waals surface area contributed by atoms with E-state index < -0.39 is 11.7 Å². The number of nitriles is 1. The third-order valence-corrected chi connectivity index (χ3v) is 2.68. The minimum Gasteiger partial charge on any atom is -0.282 e. The van der Waals surface area contributed by atoms with Gasteiger partial charge in [-0.15, -0.1) is 0 Å². The van der Waals surface area contributed by atoms with Gasteiger partial charge in [0.1, 0.15) is 11.5 Å². The molecule has 0 spiro atoms. The summed E-state index contributed by atoms with van der Waals surface area (Å²) in [5.41, 5.74) is 0.0894. The number of aromatic nitrogens is 2. The highest BCUT2D eigenvalue weighted by Crippen LogP contribution is 2.23. The zero-order chi connectivity index (χ0) is 14.7. The summed E-state index contributed by atoms with van der Waals surface area (Å²) in [7, 11) is 0. The molecule has 20 heavy (non-hydrogen) atoms. The highest BCUT2D eigenvalue weighted by Gasteiger charge is 2.21. The largest absolute Gasteiger partial charge is 0.282 e. The molecule has 0 bridgehead atoms. The van der Waals surface area contributed by atoms with Crippen LogP contribution in [0.3, 0.4) is 0 Å². The van der Waals surface area contributed by atoms with Gasteiger partial charge in [0.15, 0.2) is 11.5 Å². The van der Waals surface area contributed by atoms with Gasteiger partial charge >= 0.3 is 0 Å². The van der Waals surface area contributed by atoms with E-state index in [0.717, 1.165) is 12.1 Å². The first kappa shape index (κ1) is 13.9. The lowest BCUT2D eigenvalue weighted by Gasteiger charge is -2.16. The van der Waals surface area contributed by atoms with Crippen LogP contribution in [-0.2, 0) is 6.42 Å². The summed E-state index contributed by atoms with van der Waals surface area (Å²) in [5, 5.41) is 33.5. The lowest BCUT2D eigenvalue weighted by molar-refractivity contribution is 0.298. The fourth-order valence-electron chi connectivity index (χ4n) is 1.42. The van der Waals surface area contributed by atoms with Crippen molar-refractivity contribution in [2.24, 2.45) is 0 Å². The Morgan fingerprint density at radius 2 is 2.30 bits per heavy atom. The Hall–Kier alpha value is -2.50. The number of rotatable bonds is 3. The Bertz CT molecular complexity index is 696. The summed E-state index contributed by atoms with van der Waals surface area (Å²) in [5.74, 6) is -1.12. The van der Waals surface area contributed by atoms with Gasteiger partial charge in [0.05, 0.1) is 23.2 Å². The second kappa shape index (κ2) is 5.64. The molecule has 0 saturated heterocycles. The Labute approximate surface area is 117 Å². The smallest absolute Gasteiger partial charge is 0.182 e. The van der Waals surface area contributed by atoms with Gasteiger partial charge in [-0.1, -0.05) is 16.8 Å². The first-order valence-electron chi connectivity index (χ1n) is 5.26. The summed E-state index contributed by atoms with van der Waals surface area (Å²) in [6.45, 7) is 0. The molecule has 0 aliphatic heterocycles. The van der Waals surface area contributed by atoms with E-state index in [0.29, 0.717) is 5.06 Å². The van der Waals surface area contributed by atoms with Gasteiger partial charge in [-0.25, -0.2) is 14.1 Å². The molecule has 102 valence electrons. The van der Waals surface area contributed by atoms with Crippen molar-refractivity contribution in [3.05, 3.63) is 40.4 Å². The molecule has 7 nitrogen and oxygen atoms in total. The number of halogens is 2. The van der Waals surface area contributed by atoms with Crippen molar-refractivity contribution in [1.82, 2.24) is 10.3 Å². The van der Waals surface area contributed by atoms with Crippen molar-refractivity contribution in [3.63, 3.8) is 0 Å². The second-order valence-electron chi connectivity index (χ2n) is 3.65. The quantitative estimate of drug-likeness (QED) is 0.510. The van der Waals surface area contributed by atoms with Crippen LogP contribution in [-0.4, -0.2) is 21.4 Å². The lowest BCUT2D eigenvalue weighted by Crippen LogP contribution is -2.28. The molecule has 0 atom stereocenters. The van der Waals surface area contributed by atoms with Gasteiger partial charge in [0.2, 0.25) is 0 Å². The second-order valence-corrected chi connectivity index (χ2v) is 4.06. The number of nitrogens with zero attached hydrogens (tertiary/aromatic N) is 4. The Morgan fingerprint density at radius 1 is 1.55 bits per heavy atom. The molecular weight excluding hydrogens is 289 g/mol. The first-order valence-corrected chi connectivity index (χ1v) is 5.63. The molecule has 0 saturated carbocycles. The number of hydrogen-bond acceptors (Lipinski definition) is 6. The number of anilines is 1. The number of hydrogen-bond donors (Lipinski definition) is 2. The van der Waals surface area contributed by atoms with E-state index in [2.05, 4.69) is 14.9 Å². The lowest BCUT2D eigenvalue weighted by atomic mass is 10.2. The maximum absolute atomic E-state index is 13.0. The minimum absolute atomic E-state index is 0.0623. The van der Waals surface area contributed by atoms with E-state index in [1.165, 1.54) is 6.07 Å². The van der Waals surface area contributed by atoms with E-state index >= 15 is 0 Å². The minimum atomic E-state index is -0.649. The van der Waals surface area contributed by atoms with Crippen LogP contribution in [0.5, 0.6) is 0 Å². The summed E-state index contributed by atoms with van der Waals surface area (Å²) in [6.07, 6.45) is -0.126. The topological polar surface area (TPSA) is 110 Å². The Kier molecular flexibility index (Phi) is 3.93. The molecule has 2 N–H and O–H groups in total. The first-order chi connectivity index (χ1) is 9.54. The van der Waals surface area contributed by atoms with E-state index in [-0.39, 0.29) is 28.5 Å². The summed E-state index contributed by atoms with van der Waals surface area (Å²) in [6, 6.07) is 5.25. The SMILES string of the molecule is N#CCc1nonc1C(=N)N(O)c1ccc(F)c(Cl)c1. The maximum Gasteiger partial charge on any atom is 0.182 e. The fraction of sp³-hybridized carbons (Fsp3) is 0.0909. The molecule has 0 aliphatic rings. The van der Waals surface area contributed by atoms with Gasteiger partial charge in [-0.2, -0.15) is 5.26 Å².